The van der Waals surface area contributed by atoms with E-state index in [0.29, 0.717) is 37.4 Å². The summed E-state index contributed by atoms with van der Waals surface area (Å²) in [4.78, 5) is 31.0. The van der Waals surface area contributed by atoms with Crippen LogP contribution >= 0.6 is 35.0 Å². The van der Waals surface area contributed by atoms with E-state index in [1.807, 2.05) is 32.9 Å². The first-order valence-corrected chi connectivity index (χ1v) is 11.7. The monoisotopic (exact) mass is 482 g/mol. The molecule has 0 radical (unpaired) electrons. The number of fused-ring (bicyclic) bond motifs is 1. The van der Waals surface area contributed by atoms with Crippen molar-refractivity contribution in [1.29, 1.82) is 0 Å². The second-order valence-electron chi connectivity index (χ2n) is 7.64. The quantitative estimate of drug-likeness (QED) is 0.183. The summed E-state index contributed by atoms with van der Waals surface area (Å²) < 4.78 is 1.51. The zero-order chi connectivity index (χ0) is 23.0. The number of Topliss-reactive ketones (excluding diaryl/α,β-unsaturated/α-hetero) is 1. The van der Waals surface area contributed by atoms with Crippen LogP contribution in [0.15, 0.2) is 64.5 Å². The Hall–Kier alpha value is -2.60. The lowest BCUT2D eigenvalue weighted by Crippen LogP contribution is -2.22. The zero-order valence-corrected chi connectivity index (χ0v) is 20.1. The van der Waals surface area contributed by atoms with Gasteiger partial charge in [0.25, 0.3) is 5.56 Å². The molecule has 0 unspecified atom stereocenters. The Kier molecular flexibility index (Phi) is 6.42. The van der Waals surface area contributed by atoms with Gasteiger partial charge in [0.05, 0.1) is 22.3 Å². The van der Waals surface area contributed by atoms with Crippen molar-refractivity contribution in [2.75, 3.05) is 5.75 Å². The average Bonchev–Trinajstić information content (AvgIpc) is 2.75. The van der Waals surface area contributed by atoms with Gasteiger partial charge in [-0.05, 0) is 86.0 Å². The second-order valence-corrected chi connectivity index (χ2v) is 9.45. The van der Waals surface area contributed by atoms with E-state index in [1.165, 1.54) is 16.3 Å². The Morgan fingerprint density at radius 3 is 2.28 bits per heavy atom. The molecule has 4 aromatic rings. The molecule has 0 N–H and O–H groups in total. The van der Waals surface area contributed by atoms with Crippen LogP contribution in [0.2, 0.25) is 10.0 Å². The third kappa shape index (κ3) is 4.46. The van der Waals surface area contributed by atoms with Gasteiger partial charge in [-0.3, -0.25) is 14.2 Å². The van der Waals surface area contributed by atoms with Gasteiger partial charge in [-0.25, -0.2) is 4.98 Å². The molecule has 7 heteroatoms. The van der Waals surface area contributed by atoms with Gasteiger partial charge in [0.1, 0.15) is 0 Å². The van der Waals surface area contributed by atoms with E-state index in [2.05, 4.69) is 4.98 Å². The van der Waals surface area contributed by atoms with Crippen LogP contribution in [-0.4, -0.2) is 21.1 Å². The zero-order valence-electron chi connectivity index (χ0n) is 17.8. The lowest BCUT2D eigenvalue weighted by atomic mass is 9.99. The highest BCUT2D eigenvalue weighted by molar-refractivity contribution is 7.99. The molecule has 1 heterocycles. The molecule has 0 spiro atoms. The molecule has 0 amide bonds. The van der Waals surface area contributed by atoms with Crippen molar-refractivity contribution in [3.8, 4) is 5.69 Å². The SMILES string of the molecule is Cc1cc(C)c(C(=O)CSc2nc3cc(Cl)ccc3c(=O)n2-c2ccc(Cl)cc2)cc1C. The topological polar surface area (TPSA) is 52.0 Å². The van der Waals surface area contributed by atoms with Gasteiger partial charge in [-0.15, -0.1) is 0 Å². The molecule has 0 bridgehead atoms. The number of benzene rings is 3. The maximum absolute atomic E-state index is 13.3. The van der Waals surface area contributed by atoms with E-state index in [0.717, 1.165) is 16.7 Å². The molecule has 162 valence electrons. The molecule has 0 aliphatic heterocycles. The number of rotatable bonds is 5. The second kappa shape index (κ2) is 9.10. The lowest BCUT2D eigenvalue weighted by Gasteiger charge is -2.14. The van der Waals surface area contributed by atoms with Crippen LogP contribution in [0.3, 0.4) is 0 Å². The van der Waals surface area contributed by atoms with Crippen LogP contribution in [-0.2, 0) is 0 Å². The van der Waals surface area contributed by atoms with E-state index in [1.54, 1.807) is 42.5 Å². The summed E-state index contributed by atoms with van der Waals surface area (Å²) in [5.41, 5.74) is 4.73. The molecule has 32 heavy (non-hydrogen) atoms. The summed E-state index contributed by atoms with van der Waals surface area (Å²) in [5, 5.41) is 1.93. The van der Waals surface area contributed by atoms with Crippen molar-refractivity contribution in [3.05, 3.63) is 97.3 Å². The minimum absolute atomic E-state index is 0.0151. The van der Waals surface area contributed by atoms with Gasteiger partial charge >= 0.3 is 0 Å². The van der Waals surface area contributed by atoms with Gasteiger partial charge in [-0.2, -0.15) is 0 Å². The first kappa shape index (κ1) is 22.6. The Morgan fingerprint density at radius 2 is 1.56 bits per heavy atom. The van der Waals surface area contributed by atoms with Gasteiger partial charge in [0, 0.05) is 15.6 Å². The Balaban J connectivity index is 1.78. The number of hydrogen-bond acceptors (Lipinski definition) is 4. The molecule has 0 fully saturated rings. The summed E-state index contributed by atoms with van der Waals surface area (Å²) in [6.45, 7) is 5.95. The van der Waals surface area contributed by atoms with Gasteiger partial charge in [0.2, 0.25) is 0 Å². The molecule has 0 aliphatic rings. The number of aromatic nitrogens is 2. The van der Waals surface area contributed by atoms with Crippen molar-refractivity contribution in [3.63, 3.8) is 0 Å². The molecular formula is C25H20Cl2N2O2S. The number of hydrogen-bond donors (Lipinski definition) is 0. The van der Waals surface area contributed by atoms with Gasteiger partial charge in [0.15, 0.2) is 10.9 Å². The standard InChI is InChI=1S/C25H20Cl2N2O2S/c1-14-10-16(3)21(11-15(14)2)23(30)13-32-25-28-22-12-18(27)6-9-20(22)24(31)29(25)19-7-4-17(26)5-8-19/h4-12H,13H2,1-3H3. The minimum atomic E-state index is -0.230. The van der Waals surface area contributed by atoms with Crippen LogP contribution in [0, 0.1) is 20.8 Å². The Bertz CT molecular complexity index is 1410. The number of thioether (sulfide) groups is 1. The number of ketones is 1. The highest BCUT2D eigenvalue weighted by Gasteiger charge is 2.17. The number of aryl methyl sites for hydroxylation is 3. The highest BCUT2D eigenvalue weighted by Crippen LogP contribution is 2.25. The highest BCUT2D eigenvalue weighted by atomic mass is 35.5. The van der Waals surface area contributed by atoms with E-state index in [9.17, 15) is 9.59 Å². The van der Waals surface area contributed by atoms with Crippen LogP contribution in [0.1, 0.15) is 27.0 Å². The molecule has 0 saturated heterocycles. The maximum atomic E-state index is 13.3. The average molecular weight is 483 g/mol. The summed E-state index contributed by atoms with van der Waals surface area (Å²) in [5.74, 6) is 0.133. The van der Waals surface area contributed by atoms with E-state index in [-0.39, 0.29) is 17.1 Å². The van der Waals surface area contributed by atoms with Crippen molar-refractivity contribution in [2.45, 2.75) is 25.9 Å². The van der Waals surface area contributed by atoms with E-state index < -0.39 is 0 Å². The van der Waals surface area contributed by atoms with Crippen LogP contribution in [0.4, 0.5) is 0 Å². The largest absolute Gasteiger partial charge is 0.293 e. The van der Waals surface area contributed by atoms with Crippen LogP contribution in [0.5, 0.6) is 0 Å². The normalized spacial score (nSPS) is 11.2. The fourth-order valence-corrected chi connectivity index (χ4v) is 4.71. The minimum Gasteiger partial charge on any atom is -0.293 e. The fraction of sp³-hybridized carbons (Fsp3) is 0.160. The first-order chi connectivity index (χ1) is 15.2. The van der Waals surface area contributed by atoms with Crippen molar-refractivity contribution >= 4 is 51.6 Å². The molecule has 0 saturated carbocycles. The molecule has 0 aliphatic carbocycles. The Morgan fingerprint density at radius 1 is 0.906 bits per heavy atom. The fourth-order valence-electron chi connectivity index (χ4n) is 3.52. The number of halogens is 2. The van der Waals surface area contributed by atoms with E-state index in [4.69, 9.17) is 23.2 Å². The third-order valence-electron chi connectivity index (χ3n) is 5.36. The van der Waals surface area contributed by atoms with Gasteiger partial charge < -0.3 is 0 Å². The molecule has 0 atom stereocenters. The molecule has 4 rings (SSSR count). The maximum Gasteiger partial charge on any atom is 0.266 e. The lowest BCUT2D eigenvalue weighted by molar-refractivity contribution is 0.102. The molecule has 3 aromatic carbocycles. The Labute approximate surface area is 200 Å². The third-order valence-corrected chi connectivity index (χ3v) is 6.78. The number of nitrogens with zero attached hydrogens (tertiary/aromatic N) is 2. The number of carbonyl (C=O) groups excluding carboxylic acids is 1. The van der Waals surface area contributed by atoms with Crippen molar-refractivity contribution in [1.82, 2.24) is 9.55 Å². The molecule has 4 nitrogen and oxygen atoms in total. The summed E-state index contributed by atoms with van der Waals surface area (Å²) in [6.07, 6.45) is 0. The predicted molar refractivity (Wildman–Crippen MR) is 133 cm³/mol. The molecular weight excluding hydrogens is 463 g/mol. The predicted octanol–water partition coefficient (Wildman–Crippen LogP) is 6.59. The number of carbonyl (C=O) groups is 1. The summed E-state index contributed by atoms with van der Waals surface area (Å²) in [6, 6.07) is 15.9. The van der Waals surface area contributed by atoms with Crippen LogP contribution < -0.4 is 5.56 Å². The summed E-state index contributed by atoms with van der Waals surface area (Å²) in [7, 11) is 0. The summed E-state index contributed by atoms with van der Waals surface area (Å²) >= 11 is 13.4. The van der Waals surface area contributed by atoms with Crippen molar-refractivity contribution < 1.29 is 4.79 Å². The molecule has 1 aromatic heterocycles. The van der Waals surface area contributed by atoms with Gasteiger partial charge in [-0.1, -0.05) is 41.0 Å². The van der Waals surface area contributed by atoms with Crippen molar-refractivity contribution in [2.24, 2.45) is 0 Å². The van der Waals surface area contributed by atoms with E-state index >= 15 is 0 Å². The van der Waals surface area contributed by atoms with Crippen LogP contribution in [0.25, 0.3) is 16.6 Å². The smallest absolute Gasteiger partial charge is 0.266 e. The first-order valence-electron chi connectivity index (χ1n) is 9.96.